The molecule has 0 fully saturated rings. The number of carbonyl (C=O) groups excluding carboxylic acids is 1. The van der Waals surface area contributed by atoms with Gasteiger partial charge in [0.1, 0.15) is 5.75 Å². The molecule has 4 heteroatoms. The Kier molecular flexibility index (Phi) is 7.73. The van der Waals surface area contributed by atoms with Gasteiger partial charge in [-0.3, -0.25) is 4.79 Å². The maximum atomic E-state index is 10.9. The molecule has 1 rings (SSSR count). The standard InChI is InChI=1S/C16H24O4/c1-19-14-11-9-13(10-12-14)15(17)7-5-3-4-6-8-16(18)20-2/h9-12,15,17H,3-8H2,1-2H3. The summed E-state index contributed by atoms with van der Waals surface area (Å²) in [5.74, 6) is 0.645. The molecule has 0 heterocycles. The third-order valence-electron chi connectivity index (χ3n) is 3.34. The summed E-state index contributed by atoms with van der Waals surface area (Å²) in [6.07, 6.45) is 4.61. The van der Waals surface area contributed by atoms with Gasteiger partial charge in [0.05, 0.1) is 20.3 Å². The minimum Gasteiger partial charge on any atom is -0.497 e. The van der Waals surface area contributed by atoms with E-state index >= 15 is 0 Å². The largest absolute Gasteiger partial charge is 0.497 e. The fourth-order valence-electron chi connectivity index (χ4n) is 2.06. The molecule has 1 aromatic rings. The lowest BCUT2D eigenvalue weighted by Gasteiger charge is -2.11. The number of esters is 1. The molecule has 1 unspecified atom stereocenters. The molecule has 112 valence electrons. The van der Waals surface area contributed by atoms with Crippen LogP contribution in [-0.2, 0) is 9.53 Å². The minimum absolute atomic E-state index is 0.150. The van der Waals surface area contributed by atoms with Crippen molar-refractivity contribution in [2.24, 2.45) is 0 Å². The highest BCUT2D eigenvalue weighted by molar-refractivity contribution is 5.68. The normalized spacial score (nSPS) is 11.9. The first kappa shape index (κ1) is 16.5. The molecule has 0 saturated heterocycles. The Hall–Kier alpha value is -1.55. The molecular weight excluding hydrogens is 256 g/mol. The van der Waals surface area contributed by atoms with Crippen LogP contribution in [0.2, 0.25) is 0 Å². The lowest BCUT2D eigenvalue weighted by molar-refractivity contribution is -0.140. The van der Waals surface area contributed by atoms with E-state index < -0.39 is 6.10 Å². The van der Waals surface area contributed by atoms with Gasteiger partial charge in [0.15, 0.2) is 0 Å². The molecule has 0 radical (unpaired) electrons. The van der Waals surface area contributed by atoms with E-state index in [0.717, 1.165) is 43.4 Å². The van der Waals surface area contributed by atoms with Gasteiger partial charge in [-0.25, -0.2) is 0 Å². The van der Waals surface area contributed by atoms with Crippen molar-refractivity contribution < 1.29 is 19.4 Å². The van der Waals surface area contributed by atoms with Crippen LogP contribution in [0, 0.1) is 0 Å². The van der Waals surface area contributed by atoms with E-state index in [2.05, 4.69) is 4.74 Å². The number of benzene rings is 1. The van der Waals surface area contributed by atoms with Gasteiger partial charge in [-0.1, -0.05) is 31.4 Å². The first-order valence-electron chi connectivity index (χ1n) is 7.06. The Morgan fingerprint density at radius 1 is 1.10 bits per heavy atom. The molecule has 0 bridgehead atoms. The van der Waals surface area contributed by atoms with Crippen molar-refractivity contribution in [2.75, 3.05) is 14.2 Å². The first-order chi connectivity index (χ1) is 9.67. The average Bonchev–Trinajstić information content (AvgIpc) is 2.50. The van der Waals surface area contributed by atoms with E-state index in [4.69, 9.17) is 4.74 Å². The highest BCUT2D eigenvalue weighted by atomic mass is 16.5. The summed E-state index contributed by atoms with van der Waals surface area (Å²) < 4.78 is 9.67. The van der Waals surface area contributed by atoms with E-state index in [-0.39, 0.29) is 5.97 Å². The average molecular weight is 280 g/mol. The first-order valence-corrected chi connectivity index (χ1v) is 7.06. The SMILES string of the molecule is COC(=O)CCCCCCC(O)c1ccc(OC)cc1. The zero-order chi connectivity index (χ0) is 14.8. The fraction of sp³-hybridized carbons (Fsp3) is 0.562. The van der Waals surface area contributed by atoms with Crippen molar-refractivity contribution in [2.45, 2.75) is 44.6 Å². The van der Waals surface area contributed by atoms with E-state index in [0.29, 0.717) is 6.42 Å². The monoisotopic (exact) mass is 280 g/mol. The van der Waals surface area contributed by atoms with Gasteiger partial charge in [-0.05, 0) is 30.5 Å². The summed E-state index contributed by atoms with van der Waals surface area (Å²) in [5.41, 5.74) is 0.917. The molecule has 0 amide bonds. The van der Waals surface area contributed by atoms with Crippen molar-refractivity contribution in [1.82, 2.24) is 0 Å². The second-order valence-electron chi connectivity index (χ2n) is 4.82. The van der Waals surface area contributed by atoms with Crippen LogP contribution in [0.25, 0.3) is 0 Å². The molecule has 1 aromatic carbocycles. The number of hydrogen-bond donors (Lipinski definition) is 1. The van der Waals surface area contributed by atoms with Gasteiger partial charge in [-0.15, -0.1) is 0 Å². The third kappa shape index (κ3) is 6.06. The molecular formula is C16H24O4. The molecule has 1 N–H and O–H groups in total. The van der Waals surface area contributed by atoms with Gasteiger partial charge < -0.3 is 14.6 Å². The van der Waals surface area contributed by atoms with Crippen molar-refractivity contribution in [1.29, 1.82) is 0 Å². The van der Waals surface area contributed by atoms with Gasteiger partial charge in [0.2, 0.25) is 0 Å². The van der Waals surface area contributed by atoms with Gasteiger partial charge in [0, 0.05) is 6.42 Å². The summed E-state index contributed by atoms with van der Waals surface area (Å²) in [7, 11) is 3.04. The van der Waals surface area contributed by atoms with E-state index in [9.17, 15) is 9.90 Å². The molecule has 0 aliphatic carbocycles. The zero-order valence-electron chi connectivity index (χ0n) is 12.3. The van der Waals surface area contributed by atoms with Gasteiger partial charge in [0.25, 0.3) is 0 Å². The Labute approximate surface area is 120 Å². The molecule has 0 aliphatic heterocycles. The lowest BCUT2D eigenvalue weighted by atomic mass is 10.0. The lowest BCUT2D eigenvalue weighted by Crippen LogP contribution is -2.00. The van der Waals surface area contributed by atoms with Crippen LogP contribution in [0.3, 0.4) is 0 Å². The summed E-state index contributed by atoms with van der Waals surface area (Å²) in [5, 5.41) is 10.1. The number of aliphatic hydroxyl groups excluding tert-OH is 1. The molecule has 0 saturated carbocycles. The van der Waals surface area contributed by atoms with Gasteiger partial charge >= 0.3 is 5.97 Å². The molecule has 20 heavy (non-hydrogen) atoms. The number of hydrogen-bond acceptors (Lipinski definition) is 4. The summed E-state index contributed by atoms with van der Waals surface area (Å²) in [6, 6.07) is 7.49. The smallest absolute Gasteiger partial charge is 0.305 e. The van der Waals surface area contributed by atoms with Crippen molar-refractivity contribution in [3.8, 4) is 5.75 Å². The highest BCUT2D eigenvalue weighted by Crippen LogP contribution is 2.22. The van der Waals surface area contributed by atoms with Crippen LogP contribution in [0.15, 0.2) is 24.3 Å². The number of ether oxygens (including phenoxy) is 2. The molecule has 4 nitrogen and oxygen atoms in total. The Morgan fingerprint density at radius 2 is 1.75 bits per heavy atom. The molecule has 0 spiro atoms. The maximum absolute atomic E-state index is 10.9. The quantitative estimate of drug-likeness (QED) is 0.557. The van der Waals surface area contributed by atoms with Crippen LogP contribution >= 0.6 is 0 Å². The molecule has 0 aliphatic rings. The van der Waals surface area contributed by atoms with Crippen molar-refractivity contribution in [3.05, 3.63) is 29.8 Å². The zero-order valence-corrected chi connectivity index (χ0v) is 12.3. The van der Waals surface area contributed by atoms with Crippen LogP contribution < -0.4 is 4.74 Å². The predicted molar refractivity (Wildman–Crippen MR) is 77.7 cm³/mol. The summed E-state index contributed by atoms with van der Waals surface area (Å²) in [6.45, 7) is 0. The fourth-order valence-corrected chi connectivity index (χ4v) is 2.06. The second-order valence-corrected chi connectivity index (χ2v) is 4.82. The number of aliphatic hydroxyl groups is 1. The Balaban J connectivity index is 2.16. The number of carbonyl (C=O) groups is 1. The second kappa shape index (κ2) is 9.37. The maximum Gasteiger partial charge on any atom is 0.305 e. The van der Waals surface area contributed by atoms with Crippen molar-refractivity contribution in [3.63, 3.8) is 0 Å². The highest BCUT2D eigenvalue weighted by Gasteiger charge is 2.07. The minimum atomic E-state index is -0.429. The van der Waals surface area contributed by atoms with Crippen LogP contribution in [0.5, 0.6) is 5.75 Å². The predicted octanol–water partition coefficient (Wildman–Crippen LogP) is 3.24. The van der Waals surface area contributed by atoms with Gasteiger partial charge in [-0.2, -0.15) is 0 Å². The summed E-state index contributed by atoms with van der Waals surface area (Å²) >= 11 is 0. The number of unbranched alkanes of at least 4 members (excludes halogenated alkanes) is 3. The Morgan fingerprint density at radius 3 is 2.35 bits per heavy atom. The van der Waals surface area contributed by atoms with E-state index in [1.165, 1.54) is 7.11 Å². The molecule has 0 aromatic heterocycles. The number of rotatable bonds is 9. The van der Waals surface area contributed by atoms with Crippen LogP contribution in [0.1, 0.15) is 50.2 Å². The van der Waals surface area contributed by atoms with E-state index in [1.807, 2.05) is 24.3 Å². The van der Waals surface area contributed by atoms with Crippen LogP contribution in [0.4, 0.5) is 0 Å². The van der Waals surface area contributed by atoms with Crippen LogP contribution in [-0.4, -0.2) is 25.3 Å². The molecule has 1 atom stereocenters. The topological polar surface area (TPSA) is 55.8 Å². The number of methoxy groups -OCH3 is 2. The Bertz CT molecular complexity index is 386. The third-order valence-corrected chi connectivity index (χ3v) is 3.34. The van der Waals surface area contributed by atoms with Crippen molar-refractivity contribution >= 4 is 5.97 Å². The van der Waals surface area contributed by atoms with E-state index in [1.54, 1.807) is 7.11 Å². The summed E-state index contributed by atoms with van der Waals surface area (Å²) in [4.78, 5) is 10.9.